The fourth-order valence-electron chi connectivity index (χ4n) is 3.69. The third-order valence-corrected chi connectivity index (χ3v) is 4.79. The van der Waals surface area contributed by atoms with Crippen LogP contribution in [-0.4, -0.2) is 78.8 Å². The van der Waals surface area contributed by atoms with E-state index in [0.29, 0.717) is 6.17 Å². The summed E-state index contributed by atoms with van der Waals surface area (Å²) in [5, 5.41) is 5.32. The van der Waals surface area contributed by atoms with Gasteiger partial charge in [0.05, 0.1) is 6.17 Å². The third kappa shape index (κ3) is 2.72. The van der Waals surface area contributed by atoms with Crippen molar-refractivity contribution in [3.8, 4) is 0 Å². The largest absolute Gasteiger partial charge is 0.302 e. The molecule has 0 aromatic rings. The third-order valence-electron chi connectivity index (χ3n) is 4.79. The van der Waals surface area contributed by atoms with E-state index < -0.39 is 0 Å². The molecule has 18 heavy (non-hydrogen) atoms. The summed E-state index contributed by atoms with van der Waals surface area (Å²) < 4.78 is 0. The van der Waals surface area contributed by atoms with E-state index in [9.17, 15) is 0 Å². The van der Waals surface area contributed by atoms with E-state index in [1.165, 1.54) is 77.9 Å². The predicted molar refractivity (Wildman–Crippen MR) is 74.2 cm³/mol. The first-order valence-corrected chi connectivity index (χ1v) is 7.79. The van der Waals surface area contributed by atoms with Crippen molar-refractivity contribution in [2.45, 2.75) is 38.3 Å². The van der Waals surface area contributed by atoms with Crippen molar-refractivity contribution in [3.05, 3.63) is 0 Å². The number of hydrazine groups is 1. The number of piperidine rings is 1. The zero-order valence-electron chi connectivity index (χ0n) is 11.9. The number of hydrogen-bond acceptors (Lipinski definition) is 4. The van der Waals surface area contributed by atoms with Crippen LogP contribution in [0.15, 0.2) is 0 Å². The topological polar surface area (TPSA) is 13.0 Å². The second kappa shape index (κ2) is 5.87. The molecule has 104 valence electrons. The highest BCUT2D eigenvalue weighted by atomic mass is 15.7. The van der Waals surface area contributed by atoms with Crippen molar-refractivity contribution >= 4 is 0 Å². The lowest BCUT2D eigenvalue weighted by atomic mass is 10.1. The van der Waals surface area contributed by atoms with Crippen LogP contribution < -0.4 is 0 Å². The van der Waals surface area contributed by atoms with Crippen molar-refractivity contribution in [2.75, 3.05) is 52.9 Å². The molecule has 3 aliphatic heterocycles. The van der Waals surface area contributed by atoms with E-state index in [2.05, 4.69) is 26.9 Å². The Labute approximate surface area is 111 Å². The number of likely N-dealkylation sites (tertiary alicyclic amines) is 1. The molecular weight excluding hydrogens is 224 g/mol. The SMILES string of the molecule is CN1CCN(N2CCCC2)C(N2CCCCC2)C1. The molecule has 1 atom stereocenters. The van der Waals surface area contributed by atoms with Gasteiger partial charge in [-0.3, -0.25) is 4.90 Å². The average Bonchev–Trinajstić information content (AvgIpc) is 2.93. The van der Waals surface area contributed by atoms with Crippen molar-refractivity contribution in [1.29, 1.82) is 0 Å². The summed E-state index contributed by atoms with van der Waals surface area (Å²) in [6.07, 6.45) is 7.64. The molecule has 0 N–H and O–H groups in total. The van der Waals surface area contributed by atoms with Gasteiger partial charge in [-0.25, -0.2) is 10.0 Å². The maximum atomic E-state index is 2.73. The lowest BCUT2D eigenvalue weighted by Gasteiger charge is -2.49. The molecule has 3 heterocycles. The number of hydrogen-bond donors (Lipinski definition) is 0. The molecule has 3 fully saturated rings. The van der Waals surface area contributed by atoms with E-state index in [0.717, 1.165) is 0 Å². The minimum absolute atomic E-state index is 0.641. The molecule has 3 rings (SSSR count). The molecule has 4 nitrogen and oxygen atoms in total. The van der Waals surface area contributed by atoms with Crippen LogP contribution in [-0.2, 0) is 0 Å². The molecule has 0 amide bonds. The standard InChI is InChI=1S/C14H28N4/c1-15-11-12-18(17-9-5-6-10-17)14(13-15)16-7-3-2-4-8-16/h14H,2-13H2,1H3. The minimum Gasteiger partial charge on any atom is -0.302 e. The Morgan fingerprint density at radius 2 is 1.39 bits per heavy atom. The summed E-state index contributed by atoms with van der Waals surface area (Å²) in [7, 11) is 2.28. The van der Waals surface area contributed by atoms with Gasteiger partial charge < -0.3 is 4.90 Å². The van der Waals surface area contributed by atoms with Gasteiger partial charge in [0.2, 0.25) is 0 Å². The Hall–Kier alpha value is -0.160. The first-order chi connectivity index (χ1) is 8.84. The fourth-order valence-corrected chi connectivity index (χ4v) is 3.69. The highest BCUT2D eigenvalue weighted by Gasteiger charge is 2.34. The molecule has 0 spiro atoms. The van der Waals surface area contributed by atoms with Crippen molar-refractivity contribution in [2.24, 2.45) is 0 Å². The van der Waals surface area contributed by atoms with E-state index >= 15 is 0 Å². The summed E-state index contributed by atoms with van der Waals surface area (Å²) in [6.45, 7) is 8.85. The van der Waals surface area contributed by atoms with Crippen LogP contribution in [0, 0.1) is 0 Å². The number of nitrogens with zero attached hydrogens (tertiary/aromatic N) is 4. The van der Waals surface area contributed by atoms with Crippen LogP contribution in [0.25, 0.3) is 0 Å². The Bertz CT molecular complexity index is 259. The smallest absolute Gasteiger partial charge is 0.0889 e. The average molecular weight is 252 g/mol. The Kier molecular flexibility index (Phi) is 4.19. The molecule has 0 aromatic heterocycles. The molecule has 0 radical (unpaired) electrons. The Balaban J connectivity index is 1.68. The van der Waals surface area contributed by atoms with E-state index in [-0.39, 0.29) is 0 Å². The van der Waals surface area contributed by atoms with Gasteiger partial charge >= 0.3 is 0 Å². The lowest BCUT2D eigenvalue weighted by molar-refractivity contribution is -0.136. The highest BCUT2D eigenvalue weighted by molar-refractivity contribution is 4.83. The van der Waals surface area contributed by atoms with Crippen molar-refractivity contribution in [3.63, 3.8) is 0 Å². The van der Waals surface area contributed by atoms with Crippen LogP contribution in [0.5, 0.6) is 0 Å². The molecule has 0 saturated carbocycles. The zero-order chi connectivity index (χ0) is 12.4. The minimum atomic E-state index is 0.641. The van der Waals surface area contributed by atoms with Crippen LogP contribution in [0.2, 0.25) is 0 Å². The molecule has 4 heteroatoms. The van der Waals surface area contributed by atoms with Gasteiger partial charge in [-0.15, -0.1) is 0 Å². The monoisotopic (exact) mass is 252 g/mol. The maximum Gasteiger partial charge on any atom is 0.0889 e. The number of piperazine rings is 1. The second-order valence-corrected chi connectivity index (χ2v) is 6.16. The lowest BCUT2D eigenvalue weighted by Crippen LogP contribution is -2.64. The van der Waals surface area contributed by atoms with Crippen molar-refractivity contribution < 1.29 is 0 Å². The van der Waals surface area contributed by atoms with Gasteiger partial charge in [-0.05, 0) is 45.8 Å². The van der Waals surface area contributed by atoms with Gasteiger partial charge in [-0.1, -0.05) is 6.42 Å². The van der Waals surface area contributed by atoms with Crippen LogP contribution in [0.3, 0.4) is 0 Å². The predicted octanol–water partition coefficient (Wildman–Crippen LogP) is 1.06. The molecule has 0 bridgehead atoms. The quantitative estimate of drug-likeness (QED) is 0.728. The molecule has 0 aromatic carbocycles. The Morgan fingerprint density at radius 3 is 2.11 bits per heavy atom. The summed E-state index contributed by atoms with van der Waals surface area (Å²) in [5.41, 5.74) is 0. The molecule has 3 saturated heterocycles. The van der Waals surface area contributed by atoms with E-state index in [1.807, 2.05) is 0 Å². The molecule has 3 aliphatic rings. The fraction of sp³-hybridized carbons (Fsp3) is 1.00. The summed E-state index contributed by atoms with van der Waals surface area (Å²) in [6, 6.07) is 0. The van der Waals surface area contributed by atoms with Gasteiger partial charge in [0.1, 0.15) is 0 Å². The number of rotatable bonds is 2. The normalized spacial score (nSPS) is 34.2. The van der Waals surface area contributed by atoms with Gasteiger partial charge in [0.25, 0.3) is 0 Å². The van der Waals surface area contributed by atoms with Crippen LogP contribution in [0.4, 0.5) is 0 Å². The second-order valence-electron chi connectivity index (χ2n) is 6.16. The van der Waals surface area contributed by atoms with E-state index in [4.69, 9.17) is 0 Å². The zero-order valence-corrected chi connectivity index (χ0v) is 11.9. The maximum absolute atomic E-state index is 2.73. The van der Waals surface area contributed by atoms with Gasteiger partial charge in [0.15, 0.2) is 0 Å². The Morgan fingerprint density at radius 1 is 0.722 bits per heavy atom. The van der Waals surface area contributed by atoms with Crippen LogP contribution >= 0.6 is 0 Å². The first kappa shape index (κ1) is 12.9. The van der Waals surface area contributed by atoms with Crippen LogP contribution in [0.1, 0.15) is 32.1 Å². The highest BCUT2D eigenvalue weighted by Crippen LogP contribution is 2.22. The number of likely N-dealkylation sites (N-methyl/N-ethyl adjacent to an activating group) is 1. The van der Waals surface area contributed by atoms with Gasteiger partial charge in [0, 0.05) is 32.7 Å². The molecule has 0 aliphatic carbocycles. The molecule has 1 unspecified atom stereocenters. The summed E-state index contributed by atoms with van der Waals surface area (Å²) >= 11 is 0. The van der Waals surface area contributed by atoms with Gasteiger partial charge in [-0.2, -0.15) is 0 Å². The molecular formula is C14H28N4. The summed E-state index contributed by atoms with van der Waals surface area (Å²) in [5.74, 6) is 0. The first-order valence-electron chi connectivity index (χ1n) is 7.79. The van der Waals surface area contributed by atoms with E-state index in [1.54, 1.807) is 0 Å². The van der Waals surface area contributed by atoms with Crippen molar-refractivity contribution in [1.82, 2.24) is 19.8 Å². The summed E-state index contributed by atoms with van der Waals surface area (Å²) in [4.78, 5) is 5.24.